The number of rotatable bonds is 7. The van der Waals surface area contributed by atoms with Gasteiger partial charge in [0, 0.05) is 17.6 Å². The first-order chi connectivity index (χ1) is 9.22. The van der Waals surface area contributed by atoms with E-state index >= 15 is 0 Å². The summed E-state index contributed by atoms with van der Waals surface area (Å²) in [6, 6.07) is 0. The smallest absolute Gasteiger partial charge is 0.195 e. The molecule has 0 radical (unpaired) electrons. The first kappa shape index (κ1) is 15.4. The highest BCUT2D eigenvalue weighted by Gasteiger charge is 2.00. The van der Waals surface area contributed by atoms with Gasteiger partial charge in [-0.25, -0.2) is 0 Å². The Labute approximate surface area is 118 Å². The van der Waals surface area contributed by atoms with E-state index in [2.05, 4.69) is 27.9 Å². The molecule has 0 aliphatic heterocycles. The van der Waals surface area contributed by atoms with Crippen LogP contribution in [0.2, 0.25) is 0 Å². The zero-order valence-electron chi connectivity index (χ0n) is 11.3. The summed E-state index contributed by atoms with van der Waals surface area (Å²) in [5.41, 5.74) is 1.76. The summed E-state index contributed by atoms with van der Waals surface area (Å²) in [5, 5.41) is 23.8. The van der Waals surface area contributed by atoms with Crippen LogP contribution in [0.25, 0.3) is 0 Å². The highest BCUT2D eigenvalue weighted by molar-refractivity contribution is 7.09. The molecule has 0 aromatic carbocycles. The highest BCUT2D eigenvalue weighted by Crippen LogP contribution is 2.03. The van der Waals surface area contributed by atoms with Crippen LogP contribution in [0.1, 0.15) is 37.5 Å². The number of thiazole rings is 1. The van der Waals surface area contributed by atoms with Gasteiger partial charge in [-0.05, 0) is 6.42 Å². The van der Waals surface area contributed by atoms with Crippen LogP contribution in [0.15, 0.2) is 11.7 Å². The lowest BCUT2D eigenvalue weighted by Gasteiger charge is -2.12. The summed E-state index contributed by atoms with van der Waals surface area (Å²) >= 11 is 1.54. The van der Waals surface area contributed by atoms with Crippen molar-refractivity contribution in [1.29, 1.82) is 10.8 Å². The standard InChI is InChI=1S/C12H22N6S/c1-2-3-4-5-6-16-11(13)18-12(14)17-8-10-7-15-9-19-10/h7,9H,2-6,8H2,1H3,(H5,13,14,16,17,18). The van der Waals surface area contributed by atoms with E-state index in [0.29, 0.717) is 6.54 Å². The predicted octanol–water partition coefficient (Wildman–Crippen LogP) is 1.86. The molecule has 0 saturated carbocycles. The van der Waals surface area contributed by atoms with Crippen molar-refractivity contribution >= 4 is 23.3 Å². The molecular formula is C12H22N6S. The van der Waals surface area contributed by atoms with Crippen LogP contribution >= 0.6 is 11.3 Å². The molecule has 0 saturated heterocycles. The van der Waals surface area contributed by atoms with Crippen molar-refractivity contribution in [3.05, 3.63) is 16.6 Å². The molecule has 0 unspecified atom stereocenters. The number of aromatic nitrogens is 1. The van der Waals surface area contributed by atoms with Crippen molar-refractivity contribution in [2.45, 2.75) is 39.2 Å². The number of hydrogen-bond donors (Lipinski definition) is 5. The Morgan fingerprint density at radius 3 is 2.68 bits per heavy atom. The average Bonchev–Trinajstić information content (AvgIpc) is 2.89. The largest absolute Gasteiger partial charge is 0.356 e. The monoisotopic (exact) mass is 282 g/mol. The van der Waals surface area contributed by atoms with Crippen LogP contribution in [0, 0.1) is 10.8 Å². The predicted molar refractivity (Wildman–Crippen MR) is 79.7 cm³/mol. The lowest BCUT2D eigenvalue weighted by Crippen LogP contribution is -2.45. The number of nitrogens with zero attached hydrogens (tertiary/aromatic N) is 1. The molecule has 6 nitrogen and oxygen atoms in total. The van der Waals surface area contributed by atoms with E-state index in [1.165, 1.54) is 30.6 Å². The fourth-order valence-electron chi connectivity index (χ4n) is 1.48. The minimum absolute atomic E-state index is 0.124. The number of nitrogens with one attached hydrogen (secondary N) is 5. The quantitative estimate of drug-likeness (QED) is 0.299. The lowest BCUT2D eigenvalue weighted by atomic mass is 10.2. The van der Waals surface area contributed by atoms with Gasteiger partial charge < -0.3 is 10.6 Å². The number of unbranched alkanes of at least 4 members (excludes halogenated alkanes) is 3. The number of guanidine groups is 2. The molecule has 1 heterocycles. The van der Waals surface area contributed by atoms with Crippen LogP contribution < -0.4 is 16.0 Å². The van der Waals surface area contributed by atoms with Crippen LogP contribution in [0.5, 0.6) is 0 Å². The molecule has 0 aliphatic carbocycles. The molecule has 0 aliphatic rings. The van der Waals surface area contributed by atoms with Crippen molar-refractivity contribution in [1.82, 2.24) is 20.9 Å². The fraction of sp³-hybridized carbons (Fsp3) is 0.583. The van der Waals surface area contributed by atoms with Gasteiger partial charge in [0.1, 0.15) is 0 Å². The van der Waals surface area contributed by atoms with E-state index in [9.17, 15) is 0 Å². The molecule has 0 bridgehead atoms. The lowest BCUT2D eigenvalue weighted by molar-refractivity contribution is 0.650. The molecule has 1 aromatic rings. The first-order valence-electron chi connectivity index (χ1n) is 6.51. The summed E-state index contributed by atoms with van der Waals surface area (Å²) in [6.07, 6.45) is 6.44. The highest BCUT2D eigenvalue weighted by atomic mass is 32.1. The van der Waals surface area contributed by atoms with E-state index in [1.54, 1.807) is 11.7 Å². The van der Waals surface area contributed by atoms with Gasteiger partial charge in [0.2, 0.25) is 0 Å². The van der Waals surface area contributed by atoms with Crippen molar-refractivity contribution in [3.63, 3.8) is 0 Å². The molecule has 1 aromatic heterocycles. The van der Waals surface area contributed by atoms with Crippen LogP contribution in [0.3, 0.4) is 0 Å². The van der Waals surface area contributed by atoms with Gasteiger partial charge in [-0.2, -0.15) is 0 Å². The van der Waals surface area contributed by atoms with E-state index < -0.39 is 0 Å². The molecule has 7 heteroatoms. The zero-order valence-corrected chi connectivity index (χ0v) is 12.1. The SMILES string of the molecule is CCCCCCNC(=N)NC(=N)NCc1cncs1. The second kappa shape index (κ2) is 9.32. The normalized spacial score (nSPS) is 9.95. The Hall–Kier alpha value is -1.63. The van der Waals surface area contributed by atoms with E-state index in [-0.39, 0.29) is 11.9 Å². The third-order valence-electron chi connectivity index (χ3n) is 2.50. The molecule has 0 spiro atoms. The average molecular weight is 282 g/mol. The Kier molecular flexibility index (Phi) is 7.57. The van der Waals surface area contributed by atoms with Gasteiger partial charge in [-0.3, -0.25) is 21.1 Å². The molecule has 1 rings (SSSR count). The van der Waals surface area contributed by atoms with Gasteiger partial charge in [0.05, 0.1) is 12.1 Å². The van der Waals surface area contributed by atoms with Crippen LogP contribution in [-0.2, 0) is 6.54 Å². The topological polar surface area (TPSA) is 96.7 Å². The summed E-state index contributed by atoms with van der Waals surface area (Å²) in [6.45, 7) is 3.50. The number of hydrogen-bond acceptors (Lipinski definition) is 4. The van der Waals surface area contributed by atoms with E-state index in [4.69, 9.17) is 10.8 Å². The third kappa shape index (κ3) is 7.40. The Bertz CT molecular complexity index is 376. The maximum Gasteiger partial charge on any atom is 0.195 e. The summed E-state index contributed by atoms with van der Waals surface area (Å²) in [7, 11) is 0. The van der Waals surface area contributed by atoms with Gasteiger partial charge in [0.15, 0.2) is 11.9 Å². The summed E-state index contributed by atoms with van der Waals surface area (Å²) < 4.78 is 0. The molecule has 19 heavy (non-hydrogen) atoms. The minimum Gasteiger partial charge on any atom is -0.356 e. The second-order valence-electron chi connectivity index (χ2n) is 4.18. The fourth-order valence-corrected chi connectivity index (χ4v) is 2.02. The maximum atomic E-state index is 7.65. The van der Waals surface area contributed by atoms with Gasteiger partial charge >= 0.3 is 0 Å². The minimum atomic E-state index is 0.124. The van der Waals surface area contributed by atoms with Gasteiger partial charge in [-0.1, -0.05) is 26.2 Å². The van der Waals surface area contributed by atoms with Gasteiger partial charge in [0.25, 0.3) is 0 Å². The molecule has 0 atom stereocenters. The zero-order chi connectivity index (χ0) is 13.9. The Morgan fingerprint density at radius 2 is 2.00 bits per heavy atom. The van der Waals surface area contributed by atoms with Gasteiger partial charge in [-0.15, -0.1) is 11.3 Å². The Balaban J connectivity index is 2.05. The maximum absolute atomic E-state index is 7.65. The summed E-state index contributed by atoms with van der Waals surface area (Å²) in [5.74, 6) is 0.290. The van der Waals surface area contributed by atoms with Crippen LogP contribution in [-0.4, -0.2) is 23.4 Å². The molecule has 0 amide bonds. The second-order valence-corrected chi connectivity index (χ2v) is 5.15. The molecular weight excluding hydrogens is 260 g/mol. The van der Waals surface area contributed by atoms with E-state index in [1.807, 2.05) is 0 Å². The van der Waals surface area contributed by atoms with Crippen molar-refractivity contribution in [2.24, 2.45) is 0 Å². The van der Waals surface area contributed by atoms with Crippen molar-refractivity contribution in [2.75, 3.05) is 6.54 Å². The molecule has 5 N–H and O–H groups in total. The van der Waals surface area contributed by atoms with Crippen molar-refractivity contribution in [3.8, 4) is 0 Å². The molecule has 106 valence electrons. The molecule has 0 fully saturated rings. The third-order valence-corrected chi connectivity index (χ3v) is 3.28. The summed E-state index contributed by atoms with van der Waals surface area (Å²) in [4.78, 5) is 5.02. The Morgan fingerprint density at radius 1 is 1.21 bits per heavy atom. The van der Waals surface area contributed by atoms with Crippen LogP contribution in [0.4, 0.5) is 0 Å². The van der Waals surface area contributed by atoms with E-state index in [0.717, 1.165) is 17.8 Å². The first-order valence-corrected chi connectivity index (χ1v) is 7.39. The van der Waals surface area contributed by atoms with Crippen molar-refractivity contribution < 1.29 is 0 Å².